The Morgan fingerprint density at radius 2 is 1.51 bits per heavy atom. The van der Waals surface area contributed by atoms with E-state index in [1.807, 2.05) is 6.92 Å². The summed E-state index contributed by atoms with van der Waals surface area (Å²) in [5, 5.41) is 3.32. The molecule has 1 N–H and O–H groups in total. The van der Waals surface area contributed by atoms with E-state index in [0.717, 1.165) is 17.1 Å². The molecule has 0 saturated carbocycles. The van der Waals surface area contributed by atoms with Crippen LogP contribution in [0.4, 0.5) is 5.69 Å². The molecule has 0 bridgehead atoms. The highest BCUT2D eigenvalue weighted by atomic mass is 35.5. The number of sulfonamides is 1. The monoisotopic (exact) mass is 541 g/mol. The molecule has 2 amide bonds. The lowest BCUT2D eigenvalue weighted by Gasteiger charge is -2.32. The highest BCUT2D eigenvalue weighted by Gasteiger charge is 2.32. The van der Waals surface area contributed by atoms with Crippen LogP contribution in [0.15, 0.2) is 89.8 Å². The van der Waals surface area contributed by atoms with Gasteiger partial charge in [0.15, 0.2) is 0 Å². The summed E-state index contributed by atoms with van der Waals surface area (Å²) < 4.78 is 28.3. The van der Waals surface area contributed by atoms with Crippen molar-refractivity contribution < 1.29 is 18.0 Å². The topological polar surface area (TPSA) is 86.8 Å². The molecule has 0 saturated heterocycles. The minimum absolute atomic E-state index is 0.0505. The smallest absolute Gasteiger partial charge is 0.264 e. The maximum atomic E-state index is 13.8. The van der Waals surface area contributed by atoms with Crippen LogP contribution in [0.5, 0.6) is 0 Å². The van der Waals surface area contributed by atoms with Gasteiger partial charge in [-0.15, -0.1) is 0 Å². The van der Waals surface area contributed by atoms with E-state index in [-0.39, 0.29) is 17.3 Å². The number of amides is 2. The number of halogens is 1. The molecular formula is C28H32ClN3O4S. The van der Waals surface area contributed by atoms with Crippen LogP contribution in [0.2, 0.25) is 5.02 Å². The van der Waals surface area contributed by atoms with Gasteiger partial charge in [0.2, 0.25) is 11.8 Å². The number of anilines is 1. The minimum Gasteiger partial charge on any atom is -0.354 e. The second kappa shape index (κ2) is 13.3. The SMILES string of the molecule is CCCCNC(=O)C(C)N(Cc1ccccc1Cl)C(=O)CN(c1ccccc1)S(=O)(=O)c1ccccc1. The van der Waals surface area contributed by atoms with E-state index in [1.165, 1.54) is 17.0 Å². The van der Waals surface area contributed by atoms with Gasteiger partial charge in [-0.1, -0.05) is 79.5 Å². The molecule has 196 valence electrons. The molecule has 3 aromatic carbocycles. The summed E-state index contributed by atoms with van der Waals surface area (Å²) in [6.07, 6.45) is 1.73. The third-order valence-electron chi connectivity index (χ3n) is 5.95. The predicted octanol–water partition coefficient (Wildman–Crippen LogP) is 4.87. The maximum Gasteiger partial charge on any atom is 0.264 e. The van der Waals surface area contributed by atoms with Gasteiger partial charge < -0.3 is 10.2 Å². The fraction of sp³-hybridized carbons (Fsp3) is 0.286. The molecule has 1 unspecified atom stereocenters. The van der Waals surface area contributed by atoms with E-state index < -0.39 is 28.5 Å². The molecule has 0 fully saturated rings. The van der Waals surface area contributed by atoms with Crippen LogP contribution in [0.3, 0.4) is 0 Å². The van der Waals surface area contributed by atoms with E-state index in [9.17, 15) is 18.0 Å². The predicted molar refractivity (Wildman–Crippen MR) is 147 cm³/mol. The molecule has 0 radical (unpaired) electrons. The molecule has 3 rings (SSSR count). The van der Waals surface area contributed by atoms with Gasteiger partial charge in [0.25, 0.3) is 10.0 Å². The van der Waals surface area contributed by atoms with Gasteiger partial charge in [0.05, 0.1) is 10.6 Å². The lowest BCUT2D eigenvalue weighted by Crippen LogP contribution is -2.51. The zero-order valence-corrected chi connectivity index (χ0v) is 22.6. The normalized spacial score (nSPS) is 12.0. The van der Waals surface area contributed by atoms with Crippen molar-refractivity contribution in [3.05, 3.63) is 95.5 Å². The van der Waals surface area contributed by atoms with Crippen LogP contribution in [0.1, 0.15) is 32.3 Å². The van der Waals surface area contributed by atoms with Crippen molar-refractivity contribution >= 4 is 39.1 Å². The largest absolute Gasteiger partial charge is 0.354 e. The van der Waals surface area contributed by atoms with E-state index in [0.29, 0.717) is 22.8 Å². The average Bonchev–Trinajstić information content (AvgIpc) is 2.91. The molecular weight excluding hydrogens is 510 g/mol. The molecule has 0 aliphatic heterocycles. The number of unbranched alkanes of at least 4 members (excludes halogenated alkanes) is 1. The number of rotatable bonds is 12. The Balaban J connectivity index is 1.97. The number of benzene rings is 3. The molecule has 1 atom stereocenters. The van der Waals surface area contributed by atoms with E-state index >= 15 is 0 Å². The summed E-state index contributed by atoms with van der Waals surface area (Å²) in [5.74, 6) is -0.840. The van der Waals surface area contributed by atoms with Crippen molar-refractivity contribution in [2.75, 3.05) is 17.4 Å². The zero-order chi connectivity index (χ0) is 26.8. The molecule has 0 aliphatic carbocycles. The van der Waals surface area contributed by atoms with Crippen molar-refractivity contribution in [1.29, 1.82) is 0 Å². The van der Waals surface area contributed by atoms with Crippen molar-refractivity contribution in [3.8, 4) is 0 Å². The molecule has 0 heterocycles. The minimum atomic E-state index is -4.07. The third-order valence-corrected chi connectivity index (χ3v) is 8.11. The highest BCUT2D eigenvalue weighted by Crippen LogP contribution is 2.25. The lowest BCUT2D eigenvalue weighted by molar-refractivity contribution is -0.139. The second-order valence-corrected chi connectivity index (χ2v) is 10.9. The molecule has 0 aliphatic rings. The Morgan fingerprint density at radius 3 is 2.14 bits per heavy atom. The second-order valence-electron chi connectivity index (χ2n) is 8.59. The van der Waals surface area contributed by atoms with Crippen LogP contribution >= 0.6 is 11.6 Å². The number of hydrogen-bond acceptors (Lipinski definition) is 4. The first-order valence-corrected chi connectivity index (χ1v) is 14.0. The first-order valence-electron chi connectivity index (χ1n) is 12.2. The zero-order valence-electron chi connectivity index (χ0n) is 21.0. The summed E-state index contributed by atoms with van der Waals surface area (Å²) in [7, 11) is -4.07. The number of nitrogens with zero attached hydrogens (tertiary/aromatic N) is 2. The number of hydrogen-bond donors (Lipinski definition) is 1. The lowest BCUT2D eigenvalue weighted by atomic mass is 10.1. The molecule has 37 heavy (non-hydrogen) atoms. The van der Waals surface area contributed by atoms with Crippen molar-refractivity contribution in [2.45, 2.75) is 44.2 Å². The van der Waals surface area contributed by atoms with Gasteiger partial charge >= 0.3 is 0 Å². The average molecular weight is 542 g/mol. The van der Waals surface area contributed by atoms with Crippen LogP contribution in [-0.2, 0) is 26.2 Å². The maximum absolute atomic E-state index is 13.8. The Morgan fingerprint density at radius 1 is 0.919 bits per heavy atom. The van der Waals surface area contributed by atoms with Crippen molar-refractivity contribution in [2.24, 2.45) is 0 Å². The van der Waals surface area contributed by atoms with Gasteiger partial charge in [-0.3, -0.25) is 13.9 Å². The molecule has 7 nitrogen and oxygen atoms in total. The fourth-order valence-electron chi connectivity index (χ4n) is 3.77. The van der Waals surface area contributed by atoms with Crippen molar-refractivity contribution in [3.63, 3.8) is 0 Å². The summed E-state index contributed by atoms with van der Waals surface area (Å²) in [6.45, 7) is 3.71. The van der Waals surface area contributed by atoms with E-state index in [1.54, 1.807) is 79.7 Å². The van der Waals surface area contributed by atoms with Crippen LogP contribution < -0.4 is 9.62 Å². The molecule has 9 heteroatoms. The molecule has 0 spiro atoms. The Hall–Kier alpha value is -3.36. The number of carbonyl (C=O) groups excluding carboxylic acids is 2. The molecule has 3 aromatic rings. The number of carbonyl (C=O) groups is 2. The van der Waals surface area contributed by atoms with Crippen LogP contribution in [-0.4, -0.2) is 44.3 Å². The Bertz CT molecular complexity index is 1290. The van der Waals surface area contributed by atoms with E-state index in [4.69, 9.17) is 11.6 Å². The molecule has 0 aromatic heterocycles. The van der Waals surface area contributed by atoms with Gasteiger partial charge in [-0.05, 0) is 49.2 Å². The third kappa shape index (κ3) is 7.33. The van der Waals surface area contributed by atoms with Gasteiger partial charge in [-0.25, -0.2) is 8.42 Å². The van der Waals surface area contributed by atoms with Gasteiger partial charge in [-0.2, -0.15) is 0 Å². The standard InChI is InChI=1S/C28H32ClN3O4S/c1-3-4-19-30-28(34)22(2)31(20-23-13-11-12-18-26(23)29)27(33)21-32(24-14-7-5-8-15-24)37(35,36)25-16-9-6-10-17-25/h5-18,22H,3-4,19-21H2,1-2H3,(H,30,34). The van der Waals surface area contributed by atoms with Crippen LogP contribution in [0, 0.1) is 0 Å². The summed E-state index contributed by atoms with van der Waals surface area (Å²) in [6, 6.07) is 22.6. The number of para-hydroxylation sites is 1. The first kappa shape index (κ1) is 28.2. The quantitative estimate of drug-likeness (QED) is 0.331. The first-order chi connectivity index (χ1) is 17.8. The van der Waals surface area contributed by atoms with Gasteiger partial charge in [0.1, 0.15) is 12.6 Å². The van der Waals surface area contributed by atoms with Crippen molar-refractivity contribution in [1.82, 2.24) is 10.2 Å². The summed E-state index contributed by atoms with van der Waals surface area (Å²) >= 11 is 6.37. The van der Waals surface area contributed by atoms with E-state index in [2.05, 4.69) is 5.32 Å². The number of nitrogens with one attached hydrogen (secondary N) is 1. The van der Waals surface area contributed by atoms with Gasteiger partial charge in [0, 0.05) is 18.1 Å². The summed E-state index contributed by atoms with van der Waals surface area (Å²) in [5.41, 5.74) is 1.00. The fourth-order valence-corrected chi connectivity index (χ4v) is 5.40. The Kier molecular flexibility index (Phi) is 10.1. The highest BCUT2D eigenvalue weighted by molar-refractivity contribution is 7.92. The Labute approximate surface area is 224 Å². The van der Waals surface area contributed by atoms with Crippen LogP contribution in [0.25, 0.3) is 0 Å². The summed E-state index contributed by atoms with van der Waals surface area (Å²) in [4.78, 5) is 28.2.